The standard InChI is InChI=1S/C15H11ClFN3O/c16-9-4-5-12(10(17)7-9)20-15(21)13-6-8-2-1-3-11(18)14(8)19-13/h1-7,19H,18H2,(H,20,21). The summed E-state index contributed by atoms with van der Waals surface area (Å²) < 4.78 is 13.7. The summed E-state index contributed by atoms with van der Waals surface area (Å²) in [6, 6.07) is 11.1. The van der Waals surface area contributed by atoms with Crippen LogP contribution in [0.4, 0.5) is 15.8 Å². The zero-order valence-electron chi connectivity index (χ0n) is 10.8. The fourth-order valence-electron chi connectivity index (χ4n) is 2.08. The number of amides is 1. The molecule has 1 amide bonds. The van der Waals surface area contributed by atoms with Gasteiger partial charge in [0.2, 0.25) is 0 Å². The van der Waals surface area contributed by atoms with Crippen molar-refractivity contribution in [3.8, 4) is 0 Å². The lowest BCUT2D eigenvalue weighted by molar-refractivity contribution is 0.102. The van der Waals surface area contributed by atoms with Gasteiger partial charge in [-0.2, -0.15) is 0 Å². The molecule has 0 aliphatic rings. The Morgan fingerprint density at radius 1 is 1.24 bits per heavy atom. The summed E-state index contributed by atoms with van der Waals surface area (Å²) >= 11 is 5.67. The summed E-state index contributed by atoms with van der Waals surface area (Å²) in [7, 11) is 0. The minimum atomic E-state index is -0.591. The Balaban J connectivity index is 1.92. The molecular weight excluding hydrogens is 293 g/mol. The zero-order valence-corrected chi connectivity index (χ0v) is 11.5. The molecule has 4 nitrogen and oxygen atoms in total. The molecule has 2 aromatic carbocycles. The van der Waals surface area contributed by atoms with Crippen LogP contribution in [0.25, 0.3) is 10.9 Å². The number of halogens is 2. The van der Waals surface area contributed by atoms with Crippen LogP contribution in [0.5, 0.6) is 0 Å². The van der Waals surface area contributed by atoms with Crippen LogP contribution in [0.2, 0.25) is 5.02 Å². The highest BCUT2D eigenvalue weighted by atomic mass is 35.5. The first-order valence-electron chi connectivity index (χ1n) is 6.18. The number of anilines is 2. The van der Waals surface area contributed by atoms with Crippen molar-refractivity contribution in [1.29, 1.82) is 0 Å². The van der Waals surface area contributed by atoms with Crippen LogP contribution in [-0.4, -0.2) is 10.9 Å². The lowest BCUT2D eigenvalue weighted by atomic mass is 10.2. The molecule has 0 saturated heterocycles. The molecule has 1 heterocycles. The van der Waals surface area contributed by atoms with E-state index in [1.54, 1.807) is 18.2 Å². The highest BCUT2D eigenvalue weighted by Crippen LogP contribution is 2.23. The number of nitrogen functional groups attached to an aromatic ring is 1. The normalized spacial score (nSPS) is 10.8. The molecule has 0 saturated carbocycles. The predicted octanol–water partition coefficient (Wildman–Crippen LogP) is 3.79. The van der Waals surface area contributed by atoms with Crippen LogP contribution in [-0.2, 0) is 0 Å². The molecule has 106 valence electrons. The van der Waals surface area contributed by atoms with Gasteiger partial charge in [0.15, 0.2) is 0 Å². The number of para-hydroxylation sites is 1. The van der Waals surface area contributed by atoms with Gasteiger partial charge in [0.1, 0.15) is 11.5 Å². The monoisotopic (exact) mass is 303 g/mol. The Morgan fingerprint density at radius 2 is 2.05 bits per heavy atom. The second-order valence-corrected chi connectivity index (χ2v) is 5.01. The topological polar surface area (TPSA) is 70.9 Å². The second-order valence-electron chi connectivity index (χ2n) is 4.57. The van der Waals surface area contributed by atoms with Gasteiger partial charge in [-0.05, 0) is 30.3 Å². The number of fused-ring (bicyclic) bond motifs is 1. The van der Waals surface area contributed by atoms with Crippen molar-refractivity contribution in [3.63, 3.8) is 0 Å². The molecule has 3 aromatic rings. The number of aromatic amines is 1. The van der Waals surface area contributed by atoms with E-state index in [1.165, 1.54) is 12.1 Å². The van der Waals surface area contributed by atoms with Gasteiger partial charge in [-0.25, -0.2) is 4.39 Å². The minimum Gasteiger partial charge on any atom is -0.397 e. The lowest BCUT2D eigenvalue weighted by Gasteiger charge is -2.05. The van der Waals surface area contributed by atoms with Crippen LogP contribution >= 0.6 is 11.6 Å². The molecule has 0 aliphatic heterocycles. The third-order valence-corrected chi connectivity index (χ3v) is 3.35. The highest BCUT2D eigenvalue weighted by molar-refractivity contribution is 6.30. The molecule has 0 aliphatic carbocycles. The fourth-order valence-corrected chi connectivity index (χ4v) is 2.24. The first kappa shape index (κ1) is 13.5. The van der Waals surface area contributed by atoms with Gasteiger partial charge in [-0.15, -0.1) is 0 Å². The average molecular weight is 304 g/mol. The van der Waals surface area contributed by atoms with E-state index in [2.05, 4.69) is 10.3 Å². The van der Waals surface area contributed by atoms with Gasteiger partial charge >= 0.3 is 0 Å². The number of rotatable bonds is 2. The lowest BCUT2D eigenvalue weighted by Crippen LogP contribution is -2.13. The quantitative estimate of drug-likeness (QED) is 0.630. The highest BCUT2D eigenvalue weighted by Gasteiger charge is 2.13. The molecule has 0 unspecified atom stereocenters. The first-order valence-corrected chi connectivity index (χ1v) is 6.56. The van der Waals surface area contributed by atoms with Crippen molar-refractivity contribution in [2.24, 2.45) is 0 Å². The molecule has 4 N–H and O–H groups in total. The third kappa shape index (κ3) is 2.55. The Kier molecular flexibility index (Phi) is 3.27. The number of nitrogens with one attached hydrogen (secondary N) is 2. The number of carbonyl (C=O) groups excluding carboxylic acids is 1. The summed E-state index contributed by atoms with van der Waals surface area (Å²) in [5.74, 6) is -1.04. The number of hydrogen-bond acceptors (Lipinski definition) is 2. The van der Waals surface area contributed by atoms with E-state index >= 15 is 0 Å². The van der Waals surface area contributed by atoms with Crippen molar-refractivity contribution < 1.29 is 9.18 Å². The van der Waals surface area contributed by atoms with Crippen molar-refractivity contribution >= 4 is 39.8 Å². The molecule has 0 bridgehead atoms. The molecular formula is C15H11ClFN3O. The molecule has 21 heavy (non-hydrogen) atoms. The molecule has 0 spiro atoms. The summed E-state index contributed by atoms with van der Waals surface area (Å²) in [5, 5.41) is 3.57. The van der Waals surface area contributed by atoms with Crippen molar-refractivity contribution in [1.82, 2.24) is 4.98 Å². The van der Waals surface area contributed by atoms with Gasteiger partial charge in [-0.3, -0.25) is 4.79 Å². The largest absolute Gasteiger partial charge is 0.397 e. The minimum absolute atomic E-state index is 0.0658. The number of benzene rings is 2. The molecule has 3 rings (SSSR count). The van der Waals surface area contributed by atoms with E-state index in [0.717, 1.165) is 11.5 Å². The molecule has 0 radical (unpaired) electrons. The van der Waals surface area contributed by atoms with E-state index in [1.807, 2.05) is 6.07 Å². The predicted molar refractivity (Wildman–Crippen MR) is 82.1 cm³/mol. The van der Waals surface area contributed by atoms with E-state index in [4.69, 9.17) is 17.3 Å². The molecule has 6 heteroatoms. The Labute approximate surface area is 124 Å². The number of nitrogens with two attached hydrogens (primary N) is 1. The number of H-pyrrole nitrogens is 1. The summed E-state index contributed by atoms with van der Waals surface area (Å²) in [6.45, 7) is 0. The maximum Gasteiger partial charge on any atom is 0.272 e. The number of aromatic nitrogens is 1. The van der Waals surface area contributed by atoms with Crippen LogP contribution < -0.4 is 11.1 Å². The SMILES string of the molecule is Nc1cccc2cc(C(=O)Nc3ccc(Cl)cc3F)[nH]c12. The zero-order chi connectivity index (χ0) is 15.0. The molecule has 1 aromatic heterocycles. The van der Waals surface area contributed by atoms with Gasteiger partial charge in [0.05, 0.1) is 16.9 Å². The van der Waals surface area contributed by atoms with Crippen LogP contribution in [0.15, 0.2) is 42.5 Å². The summed E-state index contributed by atoms with van der Waals surface area (Å²) in [4.78, 5) is 15.1. The third-order valence-electron chi connectivity index (χ3n) is 3.11. The van der Waals surface area contributed by atoms with Crippen LogP contribution in [0, 0.1) is 5.82 Å². The Bertz CT molecular complexity index is 844. The maximum atomic E-state index is 13.7. The van der Waals surface area contributed by atoms with Crippen molar-refractivity contribution in [3.05, 3.63) is 59.0 Å². The summed E-state index contributed by atoms with van der Waals surface area (Å²) in [6.07, 6.45) is 0. The Hall–Kier alpha value is -2.53. The molecule has 0 atom stereocenters. The van der Waals surface area contributed by atoms with Crippen LogP contribution in [0.1, 0.15) is 10.5 Å². The van der Waals surface area contributed by atoms with E-state index in [-0.39, 0.29) is 10.7 Å². The fraction of sp³-hybridized carbons (Fsp3) is 0. The van der Waals surface area contributed by atoms with Crippen molar-refractivity contribution in [2.75, 3.05) is 11.1 Å². The van der Waals surface area contributed by atoms with Crippen molar-refractivity contribution in [2.45, 2.75) is 0 Å². The average Bonchev–Trinajstić information content (AvgIpc) is 2.87. The Morgan fingerprint density at radius 3 is 2.76 bits per heavy atom. The number of carbonyl (C=O) groups is 1. The summed E-state index contributed by atoms with van der Waals surface area (Å²) in [5.41, 5.74) is 7.42. The van der Waals surface area contributed by atoms with E-state index in [0.29, 0.717) is 16.9 Å². The maximum absolute atomic E-state index is 13.7. The smallest absolute Gasteiger partial charge is 0.272 e. The van der Waals surface area contributed by atoms with E-state index in [9.17, 15) is 9.18 Å². The second kappa shape index (κ2) is 5.10. The van der Waals surface area contributed by atoms with Gasteiger partial charge in [0, 0.05) is 10.4 Å². The van der Waals surface area contributed by atoms with Gasteiger partial charge in [-0.1, -0.05) is 23.7 Å². The molecule has 0 fully saturated rings. The van der Waals surface area contributed by atoms with Crippen LogP contribution in [0.3, 0.4) is 0 Å². The van der Waals surface area contributed by atoms with Gasteiger partial charge in [0.25, 0.3) is 5.91 Å². The van der Waals surface area contributed by atoms with Gasteiger partial charge < -0.3 is 16.0 Å². The van der Waals surface area contributed by atoms with E-state index < -0.39 is 11.7 Å². The number of hydrogen-bond donors (Lipinski definition) is 3. The first-order chi connectivity index (χ1) is 10.0.